The zero-order chi connectivity index (χ0) is 25.8. The van der Waals surface area contributed by atoms with E-state index >= 15 is 0 Å². The van der Waals surface area contributed by atoms with Gasteiger partial charge in [-0.15, -0.1) is 0 Å². The molecule has 0 bridgehead atoms. The Morgan fingerprint density at radius 1 is 1.03 bits per heavy atom. The van der Waals surface area contributed by atoms with Crippen LogP contribution in [0.25, 0.3) is 0 Å². The van der Waals surface area contributed by atoms with E-state index in [2.05, 4.69) is 80.4 Å². The molecule has 5 nitrogen and oxygen atoms in total. The Hall–Kier alpha value is -3.25. The molecule has 190 valence electrons. The van der Waals surface area contributed by atoms with E-state index in [1.807, 2.05) is 12.1 Å². The van der Waals surface area contributed by atoms with E-state index in [1.54, 1.807) is 14.2 Å². The molecule has 0 saturated heterocycles. The number of thiocarbonyl (C=S) groups is 1. The highest BCUT2D eigenvalue weighted by Gasteiger charge is 2.31. The number of ether oxygens (including phenoxy) is 3. The summed E-state index contributed by atoms with van der Waals surface area (Å²) in [5.41, 5.74) is 7.12. The van der Waals surface area contributed by atoms with Gasteiger partial charge in [-0.25, -0.2) is 0 Å². The number of aryl methyl sites for hydroxylation is 1. The Kier molecular flexibility index (Phi) is 8.04. The molecule has 3 aromatic rings. The van der Waals surface area contributed by atoms with Crippen molar-refractivity contribution in [1.82, 2.24) is 4.90 Å². The molecule has 1 atom stereocenters. The third kappa shape index (κ3) is 5.44. The van der Waals surface area contributed by atoms with Crippen LogP contribution in [0, 0.1) is 13.8 Å². The molecule has 3 aromatic carbocycles. The van der Waals surface area contributed by atoms with Crippen LogP contribution in [0.4, 0.5) is 5.69 Å². The van der Waals surface area contributed by atoms with Gasteiger partial charge in [0, 0.05) is 12.2 Å². The van der Waals surface area contributed by atoms with Crippen molar-refractivity contribution in [3.63, 3.8) is 0 Å². The first kappa shape index (κ1) is 25.8. The van der Waals surface area contributed by atoms with Gasteiger partial charge in [0.1, 0.15) is 12.4 Å². The van der Waals surface area contributed by atoms with Crippen molar-refractivity contribution >= 4 is 23.0 Å². The molecule has 0 aromatic heterocycles. The lowest BCUT2D eigenvalue weighted by atomic mass is 9.92. The summed E-state index contributed by atoms with van der Waals surface area (Å²) in [5, 5.41) is 4.18. The lowest BCUT2D eigenvalue weighted by Gasteiger charge is -2.39. The number of methoxy groups -OCH3 is 2. The lowest BCUT2D eigenvalue weighted by Crippen LogP contribution is -2.44. The summed E-state index contributed by atoms with van der Waals surface area (Å²) in [6.07, 6.45) is 0.851. The largest absolute Gasteiger partial charge is 0.493 e. The molecular weight excluding hydrogens is 468 g/mol. The van der Waals surface area contributed by atoms with E-state index < -0.39 is 0 Å². The SMILES string of the molecule is COc1cc2c(cc1OC)C(COc1ccc(C(C)C)cc1)N(C(=S)Nc1cccc(C)c1C)CC2. The van der Waals surface area contributed by atoms with Gasteiger partial charge in [-0.05, 0) is 96.6 Å². The predicted molar refractivity (Wildman–Crippen MR) is 151 cm³/mol. The van der Waals surface area contributed by atoms with Crippen LogP contribution in [-0.2, 0) is 6.42 Å². The molecule has 1 aliphatic heterocycles. The Morgan fingerprint density at radius 3 is 2.39 bits per heavy atom. The minimum Gasteiger partial charge on any atom is -0.493 e. The van der Waals surface area contributed by atoms with Crippen LogP contribution in [0.3, 0.4) is 0 Å². The lowest BCUT2D eigenvalue weighted by molar-refractivity contribution is 0.190. The molecule has 0 aliphatic carbocycles. The monoisotopic (exact) mass is 504 g/mol. The summed E-state index contributed by atoms with van der Waals surface area (Å²) >= 11 is 5.95. The number of nitrogens with zero attached hydrogens (tertiary/aromatic N) is 1. The number of rotatable bonds is 7. The molecule has 1 heterocycles. The van der Waals surface area contributed by atoms with Crippen LogP contribution >= 0.6 is 12.2 Å². The van der Waals surface area contributed by atoms with Crippen LogP contribution in [0.2, 0.25) is 0 Å². The van der Waals surface area contributed by atoms with Crippen LogP contribution in [-0.4, -0.2) is 37.4 Å². The average Bonchev–Trinajstić information content (AvgIpc) is 2.89. The molecule has 36 heavy (non-hydrogen) atoms. The Bertz CT molecular complexity index is 1220. The Morgan fingerprint density at radius 2 is 1.72 bits per heavy atom. The maximum atomic E-state index is 6.34. The summed E-state index contributed by atoms with van der Waals surface area (Å²) in [5.74, 6) is 2.78. The third-order valence-electron chi connectivity index (χ3n) is 7.06. The molecule has 0 fully saturated rings. The second-order valence-corrected chi connectivity index (χ2v) is 9.96. The van der Waals surface area contributed by atoms with Crippen molar-refractivity contribution < 1.29 is 14.2 Å². The number of hydrogen-bond donors (Lipinski definition) is 1. The van der Waals surface area contributed by atoms with Gasteiger partial charge in [0.15, 0.2) is 16.6 Å². The standard InChI is InChI=1S/C30H36N2O3S/c1-19(2)22-10-12-24(13-11-22)35-18-27-25-17-29(34-6)28(33-5)16-23(25)14-15-32(27)30(36)31-26-9-7-8-20(3)21(26)4/h7-13,16-17,19,27H,14-15,18H2,1-6H3,(H,31,36). The summed E-state index contributed by atoms with van der Waals surface area (Å²) in [4.78, 5) is 2.23. The molecule has 4 rings (SSSR count). The zero-order valence-corrected chi connectivity index (χ0v) is 22.9. The molecule has 0 saturated carbocycles. The summed E-state index contributed by atoms with van der Waals surface area (Å²) in [6.45, 7) is 9.85. The quantitative estimate of drug-likeness (QED) is 0.356. The molecule has 1 unspecified atom stereocenters. The number of anilines is 1. The van der Waals surface area contributed by atoms with Crippen molar-refractivity contribution in [2.24, 2.45) is 0 Å². The maximum Gasteiger partial charge on any atom is 0.174 e. The van der Waals surface area contributed by atoms with Gasteiger partial charge in [-0.1, -0.05) is 38.1 Å². The Balaban J connectivity index is 1.64. The van der Waals surface area contributed by atoms with Gasteiger partial charge in [0.2, 0.25) is 0 Å². The van der Waals surface area contributed by atoms with Crippen molar-refractivity contribution in [1.29, 1.82) is 0 Å². The first-order valence-electron chi connectivity index (χ1n) is 12.4. The minimum absolute atomic E-state index is 0.0801. The minimum atomic E-state index is -0.0801. The van der Waals surface area contributed by atoms with Crippen LogP contribution in [0.5, 0.6) is 17.2 Å². The molecule has 0 spiro atoms. The maximum absolute atomic E-state index is 6.34. The molecule has 1 N–H and O–H groups in total. The average molecular weight is 505 g/mol. The summed E-state index contributed by atoms with van der Waals surface area (Å²) < 4.78 is 17.5. The van der Waals surface area contributed by atoms with Crippen molar-refractivity contribution in [3.8, 4) is 17.2 Å². The van der Waals surface area contributed by atoms with Gasteiger partial charge in [0.05, 0.1) is 20.3 Å². The van der Waals surface area contributed by atoms with E-state index in [4.69, 9.17) is 26.4 Å². The first-order chi connectivity index (χ1) is 17.3. The van der Waals surface area contributed by atoms with Gasteiger partial charge in [-0.2, -0.15) is 0 Å². The normalized spacial score (nSPS) is 14.9. The predicted octanol–water partition coefficient (Wildman–Crippen LogP) is 6.82. The van der Waals surface area contributed by atoms with E-state index in [9.17, 15) is 0 Å². The zero-order valence-electron chi connectivity index (χ0n) is 22.1. The van der Waals surface area contributed by atoms with Crippen LogP contribution < -0.4 is 19.5 Å². The van der Waals surface area contributed by atoms with Crippen molar-refractivity contribution in [3.05, 3.63) is 82.4 Å². The fourth-order valence-electron chi connectivity index (χ4n) is 4.65. The topological polar surface area (TPSA) is 43.0 Å². The first-order valence-corrected chi connectivity index (χ1v) is 12.8. The summed E-state index contributed by atoms with van der Waals surface area (Å²) in [7, 11) is 3.34. The van der Waals surface area contributed by atoms with Crippen LogP contribution in [0.1, 0.15) is 53.6 Å². The van der Waals surface area contributed by atoms with Gasteiger partial charge in [-0.3, -0.25) is 0 Å². The van der Waals surface area contributed by atoms with E-state index in [-0.39, 0.29) is 6.04 Å². The van der Waals surface area contributed by atoms with Gasteiger partial charge >= 0.3 is 0 Å². The number of hydrogen-bond acceptors (Lipinski definition) is 4. The smallest absolute Gasteiger partial charge is 0.174 e. The van der Waals surface area contributed by atoms with E-state index in [0.29, 0.717) is 23.4 Å². The second kappa shape index (κ2) is 11.2. The van der Waals surface area contributed by atoms with Crippen molar-refractivity contribution in [2.75, 3.05) is 32.7 Å². The molecule has 6 heteroatoms. The highest BCUT2D eigenvalue weighted by Crippen LogP contribution is 2.39. The fraction of sp³-hybridized carbons (Fsp3) is 0.367. The van der Waals surface area contributed by atoms with Crippen LogP contribution in [0.15, 0.2) is 54.6 Å². The van der Waals surface area contributed by atoms with E-state index in [0.717, 1.165) is 35.7 Å². The van der Waals surface area contributed by atoms with Gasteiger partial charge < -0.3 is 24.4 Å². The second-order valence-electron chi connectivity index (χ2n) is 9.58. The number of benzene rings is 3. The molecule has 0 radical (unpaired) electrons. The van der Waals surface area contributed by atoms with Crippen molar-refractivity contribution in [2.45, 2.75) is 46.1 Å². The Labute approximate surface area is 220 Å². The highest BCUT2D eigenvalue weighted by molar-refractivity contribution is 7.80. The van der Waals surface area contributed by atoms with Gasteiger partial charge in [0.25, 0.3) is 0 Å². The fourth-order valence-corrected chi connectivity index (χ4v) is 4.98. The third-order valence-corrected chi connectivity index (χ3v) is 7.40. The number of fused-ring (bicyclic) bond motifs is 1. The molecule has 0 amide bonds. The molecule has 1 aliphatic rings. The number of nitrogens with one attached hydrogen (secondary N) is 1. The summed E-state index contributed by atoms with van der Waals surface area (Å²) in [6, 6.07) is 18.7. The highest BCUT2D eigenvalue weighted by atomic mass is 32.1. The van der Waals surface area contributed by atoms with E-state index in [1.165, 1.54) is 22.3 Å². The molecular formula is C30H36N2O3S.